The Morgan fingerprint density at radius 1 is 1.11 bits per heavy atom. The normalized spacial score (nSPS) is 16.0. The maximum atomic E-state index is 12.7. The summed E-state index contributed by atoms with van der Waals surface area (Å²) < 4.78 is 0. The minimum Gasteiger partial charge on any atom is -0.370 e. The Hall–Kier alpha value is -3.70. The summed E-state index contributed by atoms with van der Waals surface area (Å²) in [4.78, 5) is 25.6. The van der Waals surface area contributed by atoms with Crippen molar-refractivity contribution in [3.05, 3.63) is 106 Å². The minimum atomic E-state index is -0.0961. The molecule has 0 amide bonds. The highest BCUT2D eigenvalue weighted by Crippen LogP contribution is 2.29. The first-order valence-corrected chi connectivity index (χ1v) is 12.7. The molecule has 1 aromatic rings. The fourth-order valence-electron chi connectivity index (χ4n) is 4.74. The van der Waals surface area contributed by atoms with Gasteiger partial charge >= 0.3 is 0 Å². The molecule has 0 saturated carbocycles. The van der Waals surface area contributed by atoms with Gasteiger partial charge in [0.2, 0.25) is 0 Å². The van der Waals surface area contributed by atoms with E-state index in [9.17, 15) is 4.79 Å². The summed E-state index contributed by atoms with van der Waals surface area (Å²) >= 11 is 0. The number of hydrogen-bond acceptors (Lipinski definition) is 4. The number of nitrogens with one attached hydrogen (secondary N) is 1. The minimum absolute atomic E-state index is 0.0961. The number of nitrogens with zero attached hydrogens (tertiary/aromatic N) is 3. The second-order valence-electron chi connectivity index (χ2n) is 9.32. The number of aryl methyl sites for hydroxylation is 1. The van der Waals surface area contributed by atoms with Crippen LogP contribution in [-0.2, 0) is 0 Å². The molecule has 5 nitrogen and oxygen atoms in total. The molecule has 36 heavy (non-hydrogen) atoms. The lowest BCUT2D eigenvalue weighted by Crippen LogP contribution is -2.31. The van der Waals surface area contributed by atoms with Crippen molar-refractivity contribution in [3.63, 3.8) is 0 Å². The number of H-pyrrole nitrogens is 1. The maximum Gasteiger partial charge on any atom is 0.258 e. The third-order valence-corrected chi connectivity index (χ3v) is 6.75. The number of anilines is 1. The lowest BCUT2D eigenvalue weighted by Gasteiger charge is -2.24. The van der Waals surface area contributed by atoms with Crippen LogP contribution < -0.4 is 10.5 Å². The summed E-state index contributed by atoms with van der Waals surface area (Å²) in [6.45, 7) is 15.0. The maximum absolute atomic E-state index is 12.7. The van der Waals surface area contributed by atoms with Crippen LogP contribution in [0.25, 0.3) is 11.3 Å². The largest absolute Gasteiger partial charge is 0.370 e. The van der Waals surface area contributed by atoms with Gasteiger partial charge in [-0.1, -0.05) is 61.2 Å². The van der Waals surface area contributed by atoms with Crippen molar-refractivity contribution in [1.29, 1.82) is 0 Å². The second kappa shape index (κ2) is 11.8. The topological polar surface area (TPSA) is 51.7 Å². The quantitative estimate of drug-likeness (QED) is 0.327. The van der Waals surface area contributed by atoms with Crippen molar-refractivity contribution in [2.24, 2.45) is 4.99 Å². The van der Waals surface area contributed by atoms with E-state index in [1.54, 1.807) is 0 Å². The summed E-state index contributed by atoms with van der Waals surface area (Å²) in [6, 6.07) is 16.2. The summed E-state index contributed by atoms with van der Waals surface area (Å²) in [5.74, 6) is 0. The first-order chi connectivity index (χ1) is 17.5. The molecule has 0 bridgehead atoms. The zero-order valence-electron chi connectivity index (χ0n) is 21.6. The molecular weight excluding hydrogens is 444 g/mol. The second-order valence-corrected chi connectivity index (χ2v) is 9.32. The van der Waals surface area contributed by atoms with Crippen molar-refractivity contribution in [1.82, 2.24) is 9.88 Å². The molecule has 1 N–H and O–H groups in total. The van der Waals surface area contributed by atoms with Crippen LogP contribution in [0.5, 0.6) is 0 Å². The van der Waals surface area contributed by atoms with Crippen molar-refractivity contribution < 1.29 is 0 Å². The van der Waals surface area contributed by atoms with Gasteiger partial charge in [-0.25, -0.2) is 0 Å². The SMILES string of the molecule is C=C/C(=C\C=C/C)CN1CCCN(c2ccc(C)c(N=C(C)c3c4cccccc-4[nH]c3=O)c2)CC1. The molecule has 0 aromatic heterocycles. The fourth-order valence-corrected chi connectivity index (χ4v) is 4.74. The molecule has 2 heterocycles. The van der Waals surface area contributed by atoms with E-state index in [1.807, 2.05) is 56.3 Å². The van der Waals surface area contributed by atoms with Crippen LogP contribution >= 0.6 is 0 Å². The standard InChI is InChI=1S/C31H36N4O/c1-5-7-12-25(6-2)22-34-17-11-18-35(20-19-34)26-16-15-23(3)29(21-26)32-24(4)30-27-13-9-8-10-14-28(27)33-31(30)36/h5-10,12-16,21H,2,11,17-20,22H2,1,3-4H3,(H,33,36)/b7-5-,25-12+,32-24?. The van der Waals surface area contributed by atoms with Gasteiger partial charge in [0.1, 0.15) is 0 Å². The van der Waals surface area contributed by atoms with E-state index in [-0.39, 0.29) is 5.56 Å². The molecule has 0 atom stereocenters. The fraction of sp³-hybridized carbons (Fsp3) is 0.290. The molecule has 4 rings (SSSR count). The van der Waals surface area contributed by atoms with Gasteiger partial charge in [-0.05, 0) is 56.5 Å². The highest BCUT2D eigenvalue weighted by atomic mass is 16.1. The Morgan fingerprint density at radius 3 is 2.75 bits per heavy atom. The van der Waals surface area contributed by atoms with E-state index in [0.29, 0.717) is 5.56 Å². The molecule has 1 aromatic carbocycles. The number of aromatic nitrogens is 1. The number of rotatable bonds is 7. The summed E-state index contributed by atoms with van der Waals surface area (Å²) in [6.07, 6.45) is 9.32. The van der Waals surface area contributed by atoms with Crippen molar-refractivity contribution in [2.45, 2.75) is 27.2 Å². The van der Waals surface area contributed by atoms with Crippen molar-refractivity contribution in [3.8, 4) is 11.3 Å². The molecule has 5 heteroatoms. The lowest BCUT2D eigenvalue weighted by molar-refractivity contribution is 0.320. The zero-order chi connectivity index (χ0) is 25.5. The molecule has 0 radical (unpaired) electrons. The van der Waals surface area contributed by atoms with Crippen LogP contribution in [0.4, 0.5) is 11.4 Å². The van der Waals surface area contributed by atoms with E-state index in [1.165, 1.54) is 11.3 Å². The average molecular weight is 481 g/mol. The van der Waals surface area contributed by atoms with Gasteiger partial charge in [0, 0.05) is 49.7 Å². The highest BCUT2D eigenvalue weighted by Gasteiger charge is 2.18. The molecule has 186 valence electrons. The third kappa shape index (κ3) is 5.92. The number of allylic oxidation sites excluding steroid dienone is 3. The Bertz CT molecular complexity index is 1330. The number of benzene rings is 1. The smallest absolute Gasteiger partial charge is 0.258 e. The van der Waals surface area contributed by atoms with Crippen LogP contribution in [0.2, 0.25) is 0 Å². The predicted molar refractivity (Wildman–Crippen MR) is 153 cm³/mol. The monoisotopic (exact) mass is 480 g/mol. The van der Waals surface area contributed by atoms with Crippen LogP contribution in [0.3, 0.4) is 0 Å². The zero-order valence-corrected chi connectivity index (χ0v) is 21.6. The van der Waals surface area contributed by atoms with E-state index in [0.717, 1.165) is 67.4 Å². The average Bonchev–Trinajstić information content (AvgIpc) is 3.05. The van der Waals surface area contributed by atoms with E-state index >= 15 is 0 Å². The molecular formula is C31H36N4O. The van der Waals surface area contributed by atoms with Crippen molar-refractivity contribution >= 4 is 17.1 Å². The van der Waals surface area contributed by atoms with E-state index in [4.69, 9.17) is 4.99 Å². The van der Waals surface area contributed by atoms with Crippen LogP contribution in [0, 0.1) is 6.92 Å². The Morgan fingerprint density at radius 2 is 1.94 bits per heavy atom. The van der Waals surface area contributed by atoms with Gasteiger partial charge in [0.05, 0.1) is 17.0 Å². The molecule has 1 saturated heterocycles. The number of hydrogen-bond donors (Lipinski definition) is 1. The Kier molecular flexibility index (Phi) is 8.34. The number of aromatic amines is 1. The molecule has 0 unspecified atom stereocenters. The number of fused-ring (bicyclic) bond motifs is 1. The van der Waals surface area contributed by atoms with E-state index in [2.05, 4.69) is 58.6 Å². The van der Waals surface area contributed by atoms with E-state index < -0.39 is 0 Å². The van der Waals surface area contributed by atoms with Gasteiger partial charge in [0.25, 0.3) is 5.56 Å². The molecule has 1 fully saturated rings. The van der Waals surface area contributed by atoms with Gasteiger partial charge in [-0.2, -0.15) is 0 Å². The molecule has 1 aliphatic carbocycles. The predicted octanol–water partition coefficient (Wildman–Crippen LogP) is 6.13. The lowest BCUT2D eigenvalue weighted by atomic mass is 10.1. The summed E-state index contributed by atoms with van der Waals surface area (Å²) in [7, 11) is 0. The number of aliphatic imine (C=N–C) groups is 1. The molecule has 2 aliphatic heterocycles. The molecule has 3 aliphatic rings. The van der Waals surface area contributed by atoms with Gasteiger partial charge in [-0.15, -0.1) is 0 Å². The van der Waals surface area contributed by atoms with Gasteiger partial charge in [0.15, 0.2) is 0 Å². The Balaban J connectivity index is 1.54. The van der Waals surface area contributed by atoms with Crippen LogP contribution in [0.15, 0.2) is 94.8 Å². The highest BCUT2D eigenvalue weighted by molar-refractivity contribution is 6.05. The van der Waals surface area contributed by atoms with Crippen molar-refractivity contribution in [2.75, 3.05) is 37.6 Å². The van der Waals surface area contributed by atoms with Crippen LogP contribution in [-0.4, -0.2) is 48.3 Å². The summed E-state index contributed by atoms with van der Waals surface area (Å²) in [5, 5.41) is 0. The Labute approximate surface area is 214 Å². The first-order valence-electron chi connectivity index (χ1n) is 12.7. The van der Waals surface area contributed by atoms with Gasteiger partial charge in [-0.3, -0.25) is 14.7 Å². The van der Waals surface area contributed by atoms with Crippen LogP contribution in [0.1, 0.15) is 31.4 Å². The van der Waals surface area contributed by atoms with Gasteiger partial charge < -0.3 is 9.88 Å². The molecule has 0 spiro atoms. The first kappa shape index (κ1) is 25.4. The third-order valence-electron chi connectivity index (χ3n) is 6.75. The summed E-state index contributed by atoms with van der Waals surface area (Å²) in [5.41, 5.74) is 7.42.